The summed E-state index contributed by atoms with van der Waals surface area (Å²) in [4.78, 5) is 19.3. The average molecular weight is 301 g/mol. The summed E-state index contributed by atoms with van der Waals surface area (Å²) in [5.41, 5.74) is -0.746. The number of rotatable bonds is 2. The van der Waals surface area contributed by atoms with Crippen LogP contribution in [0.15, 0.2) is 18.3 Å². The van der Waals surface area contributed by atoms with Gasteiger partial charge in [0.15, 0.2) is 0 Å². The molecule has 1 amide bonds. The molecule has 1 fully saturated rings. The van der Waals surface area contributed by atoms with Crippen molar-refractivity contribution in [3.05, 3.63) is 23.9 Å². The van der Waals surface area contributed by atoms with E-state index in [0.29, 0.717) is 38.4 Å². The summed E-state index contributed by atoms with van der Waals surface area (Å²) in [6.07, 6.45) is -2.25. The molecule has 0 bridgehead atoms. The number of anilines is 1. The first-order valence-electron chi connectivity index (χ1n) is 6.98. The smallest absolute Gasteiger partial charge is 0.355 e. The third kappa shape index (κ3) is 3.86. The molecular formula is C14H18F3N3O. The Morgan fingerprint density at radius 1 is 1.24 bits per heavy atom. The van der Waals surface area contributed by atoms with Gasteiger partial charge < -0.3 is 9.80 Å². The number of halogens is 3. The molecule has 0 atom stereocenters. The summed E-state index contributed by atoms with van der Waals surface area (Å²) >= 11 is 0. The Morgan fingerprint density at radius 2 is 2.00 bits per heavy atom. The molecule has 0 radical (unpaired) electrons. The molecule has 4 nitrogen and oxygen atoms in total. The van der Waals surface area contributed by atoms with Gasteiger partial charge in [-0.05, 0) is 18.6 Å². The van der Waals surface area contributed by atoms with Crippen molar-refractivity contribution in [1.29, 1.82) is 0 Å². The Bertz CT molecular complexity index is 487. The van der Waals surface area contributed by atoms with Crippen LogP contribution in [0.25, 0.3) is 0 Å². The number of carbonyl (C=O) groups excluding carboxylic acids is 1. The third-order valence-corrected chi connectivity index (χ3v) is 3.55. The van der Waals surface area contributed by atoms with Gasteiger partial charge in [-0.3, -0.25) is 4.79 Å². The zero-order valence-electron chi connectivity index (χ0n) is 11.9. The lowest BCUT2D eigenvalue weighted by molar-refractivity contribution is -0.137. The van der Waals surface area contributed by atoms with Crippen molar-refractivity contribution in [2.75, 3.05) is 31.1 Å². The number of amides is 1. The van der Waals surface area contributed by atoms with Gasteiger partial charge in [-0.2, -0.15) is 13.2 Å². The lowest BCUT2D eigenvalue weighted by Crippen LogP contribution is -2.34. The van der Waals surface area contributed by atoms with Crippen LogP contribution in [0.4, 0.5) is 19.0 Å². The molecule has 0 unspecified atom stereocenters. The summed E-state index contributed by atoms with van der Waals surface area (Å²) in [6, 6.07) is 2.43. The van der Waals surface area contributed by atoms with Gasteiger partial charge in [0.05, 0.1) is 5.56 Å². The van der Waals surface area contributed by atoms with Crippen LogP contribution in [0, 0.1) is 0 Å². The number of carbonyl (C=O) groups is 1. The molecule has 0 N–H and O–H groups in total. The second kappa shape index (κ2) is 6.32. The van der Waals surface area contributed by atoms with E-state index in [2.05, 4.69) is 4.98 Å². The van der Waals surface area contributed by atoms with E-state index >= 15 is 0 Å². The number of hydrogen-bond donors (Lipinski definition) is 0. The minimum Gasteiger partial charge on any atom is -0.355 e. The molecule has 1 aromatic heterocycles. The van der Waals surface area contributed by atoms with Crippen molar-refractivity contribution in [3.63, 3.8) is 0 Å². The summed E-state index contributed by atoms with van der Waals surface area (Å²) in [5, 5.41) is 0. The average Bonchev–Trinajstić information content (AvgIpc) is 2.71. The van der Waals surface area contributed by atoms with Crippen molar-refractivity contribution in [1.82, 2.24) is 9.88 Å². The Hall–Kier alpha value is -1.79. The number of alkyl halides is 3. The fraction of sp³-hybridized carbons (Fsp3) is 0.571. The van der Waals surface area contributed by atoms with Crippen molar-refractivity contribution in [2.24, 2.45) is 0 Å². The zero-order valence-corrected chi connectivity index (χ0v) is 11.9. The molecular weight excluding hydrogens is 283 g/mol. The van der Waals surface area contributed by atoms with E-state index in [1.165, 1.54) is 6.07 Å². The Balaban J connectivity index is 2.04. The molecule has 116 valence electrons. The second-order valence-corrected chi connectivity index (χ2v) is 4.98. The SMILES string of the molecule is CCC(=O)N1CCCN(c2ccc(C(F)(F)F)cn2)CC1. The predicted molar refractivity (Wildman–Crippen MR) is 72.9 cm³/mol. The molecule has 1 saturated heterocycles. The van der Waals surface area contributed by atoms with Crippen LogP contribution >= 0.6 is 0 Å². The van der Waals surface area contributed by atoms with Crippen LogP contribution in [0.1, 0.15) is 25.3 Å². The normalized spacial score (nSPS) is 16.8. The molecule has 1 aliphatic rings. The summed E-state index contributed by atoms with van der Waals surface area (Å²) in [5.74, 6) is 0.631. The highest BCUT2D eigenvalue weighted by Gasteiger charge is 2.31. The van der Waals surface area contributed by atoms with Crippen LogP contribution in [0.5, 0.6) is 0 Å². The van der Waals surface area contributed by atoms with Crippen LogP contribution in [-0.2, 0) is 11.0 Å². The van der Waals surface area contributed by atoms with Crippen LogP contribution in [0.2, 0.25) is 0 Å². The van der Waals surface area contributed by atoms with Gasteiger partial charge in [-0.15, -0.1) is 0 Å². The maximum Gasteiger partial charge on any atom is 0.417 e. The molecule has 2 rings (SSSR count). The third-order valence-electron chi connectivity index (χ3n) is 3.55. The van der Waals surface area contributed by atoms with E-state index < -0.39 is 11.7 Å². The van der Waals surface area contributed by atoms with E-state index in [1.54, 1.807) is 4.90 Å². The summed E-state index contributed by atoms with van der Waals surface area (Å²) < 4.78 is 37.5. The van der Waals surface area contributed by atoms with Gasteiger partial charge >= 0.3 is 6.18 Å². The molecule has 7 heteroatoms. The first-order chi connectivity index (χ1) is 9.91. The van der Waals surface area contributed by atoms with Crippen molar-refractivity contribution >= 4 is 11.7 Å². The lowest BCUT2D eigenvalue weighted by atomic mass is 10.2. The maximum absolute atomic E-state index is 12.5. The van der Waals surface area contributed by atoms with Gasteiger partial charge in [-0.1, -0.05) is 6.92 Å². The fourth-order valence-corrected chi connectivity index (χ4v) is 2.36. The Labute approximate surface area is 121 Å². The highest BCUT2D eigenvalue weighted by molar-refractivity contribution is 5.75. The number of hydrogen-bond acceptors (Lipinski definition) is 3. The fourth-order valence-electron chi connectivity index (χ4n) is 2.36. The number of pyridine rings is 1. The molecule has 0 aliphatic carbocycles. The highest BCUT2D eigenvalue weighted by Crippen LogP contribution is 2.29. The topological polar surface area (TPSA) is 36.4 Å². The highest BCUT2D eigenvalue weighted by atomic mass is 19.4. The van der Waals surface area contributed by atoms with Crippen molar-refractivity contribution in [2.45, 2.75) is 25.9 Å². The summed E-state index contributed by atoms with van der Waals surface area (Å²) in [6.45, 7) is 4.36. The molecule has 1 aromatic rings. The van der Waals surface area contributed by atoms with E-state index in [0.717, 1.165) is 18.7 Å². The number of nitrogens with zero attached hydrogens (tertiary/aromatic N) is 3. The molecule has 0 saturated carbocycles. The molecule has 0 spiro atoms. The molecule has 2 heterocycles. The Kier molecular flexibility index (Phi) is 4.69. The quantitative estimate of drug-likeness (QED) is 0.842. The van der Waals surface area contributed by atoms with E-state index in [-0.39, 0.29) is 5.91 Å². The van der Waals surface area contributed by atoms with E-state index in [1.807, 2.05) is 11.8 Å². The monoisotopic (exact) mass is 301 g/mol. The molecule has 1 aliphatic heterocycles. The molecule has 0 aromatic carbocycles. The van der Waals surface area contributed by atoms with Crippen molar-refractivity contribution < 1.29 is 18.0 Å². The van der Waals surface area contributed by atoms with E-state index in [4.69, 9.17) is 0 Å². The first kappa shape index (κ1) is 15.6. The van der Waals surface area contributed by atoms with Crippen LogP contribution in [0.3, 0.4) is 0 Å². The van der Waals surface area contributed by atoms with Gasteiger partial charge in [0.2, 0.25) is 5.91 Å². The number of aromatic nitrogens is 1. The standard InChI is InChI=1S/C14H18F3N3O/c1-2-13(21)20-7-3-6-19(8-9-20)12-5-4-11(10-18-12)14(15,16)17/h4-5,10H,2-3,6-9H2,1H3. The minimum atomic E-state index is -4.37. The van der Waals surface area contributed by atoms with E-state index in [9.17, 15) is 18.0 Å². The molecule has 21 heavy (non-hydrogen) atoms. The minimum absolute atomic E-state index is 0.109. The van der Waals surface area contributed by atoms with Crippen LogP contribution in [-0.4, -0.2) is 42.0 Å². The van der Waals surface area contributed by atoms with Crippen LogP contribution < -0.4 is 4.90 Å². The second-order valence-electron chi connectivity index (χ2n) is 4.98. The van der Waals surface area contributed by atoms with Gasteiger partial charge in [0.1, 0.15) is 5.82 Å². The lowest BCUT2D eigenvalue weighted by Gasteiger charge is -2.23. The first-order valence-corrected chi connectivity index (χ1v) is 6.98. The predicted octanol–water partition coefficient (Wildman–Crippen LogP) is 2.55. The maximum atomic E-state index is 12.5. The van der Waals surface area contributed by atoms with Crippen molar-refractivity contribution in [3.8, 4) is 0 Å². The van der Waals surface area contributed by atoms with Gasteiger partial charge in [0, 0.05) is 38.8 Å². The van der Waals surface area contributed by atoms with Gasteiger partial charge in [0.25, 0.3) is 0 Å². The summed E-state index contributed by atoms with van der Waals surface area (Å²) in [7, 11) is 0. The largest absolute Gasteiger partial charge is 0.417 e. The zero-order chi connectivity index (χ0) is 15.5. The Morgan fingerprint density at radius 3 is 2.57 bits per heavy atom. The van der Waals surface area contributed by atoms with Gasteiger partial charge in [-0.25, -0.2) is 4.98 Å².